The van der Waals surface area contributed by atoms with Crippen molar-refractivity contribution in [3.05, 3.63) is 164 Å². The van der Waals surface area contributed by atoms with Gasteiger partial charge in [-0.2, -0.15) is 0 Å². The summed E-state index contributed by atoms with van der Waals surface area (Å²) in [6.07, 6.45) is 0. The minimum atomic E-state index is 0.0228. The predicted octanol–water partition coefficient (Wildman–Crippen LogP) is 11.3. The van der Waals surface area contributed by atoms with E-state index < -0.39 is 0 Å². The monoisotopic (exact) mass is 839 g/mol. The van der Waals surface area contributed by atoms with Crippen LogP contribution in [0.1, 0.15) is 0 Å². The first-order valence-electron chi connectivity index (χ1n) is 21.1. The molecule has 0 unspecified atom stereocenters. The fourth-order valence-electron chi connectivity index (χ4n) is 11.4. The molecule has 3 nitrogen and oxygen atoms in total. The lowest BCUT2D eigenvalue weighted by atomic mass is 9.30. The first-order chi connectivity index (χ1) is 30.7. The number of para-hydroxylation sites is 2. The van der Waals surface area contributed by atoms with Crippen molar-refractivity contribution in [3.63, 3.8) is 0 Å². The van der Waals surface area contributed by atoms with Gasteiger partial charge in [0.25, 0.3) is 0 Å². The molecule has 2 aromatic heterocycles. The van der Waals surface area contributed by atoms with Crippen LogP contribution in [0.15, 0.2) is 202 Å². The molecular formula is C54H27B2NO2S3. The number of hydrogen-bond acceptors (Lipinski definition) is 6. The molecule has 0 saturated heterocycles. The zero-order valence-electron chi connectivity index (χ0n) is 32.7. The molecule has 0 aliphatic carbocycles. The molecule has 0 bridgehead atoms. The molecule has 0 amide bonds. The van der Waals surface area contributed by atoms with Gasteiger partial charge in [-0.1, -0.05) is 180 Å². The maximum atomic E-state index is 6.99. The fraction of sp³-hybridized carbons (Fsp3) is 0. The third kappa shape index (κ3) is 4.12. The minimum absolute atomic E-state index is 0.0228. The molecule has 0 N–H and O–H groups in total. The summed E-state index contributed by atoms with van der Waals surface area (Å²) in [5.41, 5.74) is 20.8. The van der Waals surface area contributed by atoms with Crippen LogP contribution < -0.4 is 37.7 Å². The quantitative estimate of drug-likeness (QED) is 0.161. The van der Waals surface area contributed by atoms with Crippen LogP contribution >= 0.6 is 35.3 Å². The third-order valence-electron chi connectivity index (χ3n) is 13.9. The Kier molecular flexibility index (Phi) is 6.28. The highest BCUT2D eigenvalue weighted by Gasteiger charge is 2.53. The van der Waals surface area contributed by atoms with Crippen LogP contribution in [0.3, 0.4) is 0 Å². The van der Waals surface area contributed by atoms with Gasteiger partial charge in [0.15, 0.2) is 11.2 Å². The maximum Gasteiger partial charge on any atom is 0.249 e. The number of anilines is 3. The number of nitrogens with zero attached hydrogens (tertiary/aromatic N) is 1. The summed E-state index contributed by atoms with van der Waals surface area (Å²) < 4.78 is 14.0. The van der Waals surface area contributed by atoms with Gasteiger partial charge in [-0.3, -0.25) is 0 Å². The molecule has 0 spiro atoms. The van der Waals surface area contributed by atoms with Crippen LogP contribution in [-0.4, -0.2) is 13.4 Å². The Morgan fingerprint density at radius 1 is 0.355 bits per heavy atom. The molecule has 8 heteroatoms. The van der Waals surface area contributed by atoms with E-state index in [1.807, 2.05) is 35.3 Å². The zero-order chi connectivity index (χ0) is 39.9. The van der Waals surface area contributed by atoms with Gasteiger partial charge >= 0.3 is 0 Å². The second-order valence-corrected chi connectivity index (χ2v) is 20.2. The van der Waals surface area contributed by atoms with Crippen molar-refractivity contribution in [2.24, 2.45) is 0 Å². The second kappa shape index (κ2) is 11.7. The number of rotatable bonds is 2. The molecule has 284 valence electrons. The molecule has 9 aromatic carbocycles. The molecular weight excluding hydrogens is 812 g/mol. The third-order valence-corrected chi connectivity index (χ3v) is 17.4. The van der Waals surface area contributed by atoms with Gasteiger partial charge in [0.2, 0.25) is 13.4 Å². The summed E-state index contributed by atoms with van der Waals surface area (Å²) in [4.78, 5) is 10.3. The van der Waals surface area contributed by atoms with Gasteiger partial charge < -0.3 is 13.7 Å². The lowest BCUT2D eigenvalue weighted by Gasteiger charge is -2.49. The average molecular weight is 840 g/mol. The smallest absolute Gasteiger partial charge is 0.249 e. The van der Waals surface area contributed by atoms with Crippen LogP contribution in [-0.2, 0) is 0 Å². The molecule has 0 atom stereocenters. The number of benzene rings is 9. The van der Waals surface area contributed by atoms with Crippen LogP contribution in [0.4, 0.5) is 17.1 Å². The molecule has 11 aromatic rings. The average Bonchev–Trinajstić information content (AvgIpc) is 3.90. The van der Waals surface area contributed by atoms with Gasteiger partial charge in [0.05, 0.1) is 21.2 Å². The largest absolute Gasteiger partial charge is 0.455 e. The molecule has 62 heavy (non-hydrogen) atoms. The van der Waals surface area contributed by atoms with Crippen molar-refractivity contribution < 1.29 is 8.83 Å². The highest BCUT2D eigenvalue weighted by molar-refractivity contribution is 8.01. The van der Waals surface area contributed by atoms with Gasteiger partial charge in [-0.25, -0.2) is 0 Å². The van der Waals surface area contributed by atoms with Gasteiger partial charge in [-0.05, 0) is 74.4 Å². The van der Waals surface area contributed by atoms with Crippen LogP contribution in [0.25, 0.3) is 66.1 Å². The van der Waals surface area contributed by atoms with Crippen molar-refractivity contribution >= 4 is 142 Å². The van der Waals surface area contributed by atoms with E-state index >= 15 is 0 Å². The summed E-state index contributed by atoms with van der Waals surface area (Å²) in [5.74, 6) is 0. The first kappa shape index (κ1) is 33.2. The van der Waals surface area contributed by atoms with Crippen molar-refractivity contribution in [1.82, 2.24) is 0 Å². The summed E-state index contributed by atoms with van der Waals surface area (Å²) >= 11 is 5.73. The van der Waals surface area contributed by atoms with Crippen molar-refractivity contribution in [2.45, 2.75) is 29.4 Å². The Morgan fingerprint density at radius 2 is 0.823 bits per heavy atom. The molecule has 7 heterocycles. The highest BCUT2D eigenvalue weighted by Crippen LogP contribution is 2.59. The number of hydrogen-bond donors (Lipinski definition) is 0. The number of furan rings is 2. The van der Waals surface area contributed by atoms with Crippen LogP contribution in [0.5, 0.6) is 0 Å². The summed E-state index contributed by atoms with van der Waals surface area (Å²) in [7, 11) is 0. The van der Waals surface area contributed by atoms with E-state index in [9.17, 15) is 0 Å². The predicted molar refractivity (Wildman–Crippen MR) is 261 cm³/mol. The lowest BCUT2D eigenvalue weighted by molar-refractivity contribution is 0.657. The van der Waals surface area contributed by atoms with E-state index in [2.05, 4.69) is 169 Å². The first-order valence-corrected chi connectivity index (χ1v) is 23.6. The Balaban J connectivity index is 1.08. The summed E-state index contributed by atoms with van der Waals surface area (Å²) in [6, 6.07) is 60.7. The SMILES string of the molecule is c1ccc(-c2ccc3c(c2)B2c4cc5c(oc6ccccc65)c5c4N4c6c2c(cc2c6B(c6cc(-c7ccccc7)ccc6S2)c2cc6c(oc7ccccc76)c(c24)S5)S3)cc1. The molecule has 5 aliphatic rings. The lowest BCUT2D eigenvalue weighted by Crippen LogP contribution is -2.68. The molecule has 0 fully saturated rings. The van der Waals surface area contributed by atoms with Crippen molar-refractivity contribution in [1.29, 1.82) is 0 Å². The van der Waals surface area contributed by atoms with E-state index in [0.717, 1.165) is 53.7 Å². The van der Waals surface area contributed by atoms with Crippen LogP contribution in [0, 0.1) is 0 Å². The minimum Gasteiger partial charge on any atom is -0.455 e. The van der Waals surface area contributed by atoms with Gasteiger partial charge in [-0.15, -0.1) is 0 Å². The zero-order valence-corrected chi connectivity index (χ0v) is 35.2. The van der Waals surface area contributed by atoms with Gasteiger partial charge in [0.1, 0.15) is 11.2 Å². The normalized spacial score (nSPS) is 14.5. The Labute approximate surface area is 369 Å². The Bertz CT molecular complexity index is 3630. The molecule has 0 radical (unpaired) electrons. The topological polar surface area (TPSA) is 29.5 Å². The second-order valence-electron chi connectivity index (χ2n) is 17.0. The van der Waals surface area contributed by atoms with E-state index in [-0.39, 0.29) is 13.4 Å². The summed E-state index contributed by atoms with van der Waals surface area (Å²) in [6.45, 7) is 0.0456. The van der Waals surface area contributed by atoms with E-state index in [4.69, 9.17) is 8.83 Å². The van der Waals surface area contributed by atoms with E-state index in [1.54, 1.807) is 0 Å². The Hall–Kier alpha value is -6.44. The molecule has 5 aliphatic heterocycles. The standard InChI is InChI=1S/C54H27B2NO2S3/c1-3-11-28(12-4-1)30-19-21-42-36(23-30)55-38-25-34-32-15-7-9-17-40(32)58-51(34)53-48(38)57-49-39(26-35-33-16-8-10-18-41(33)59-52(35)54(49)62-53)56-37-24-31(29-13-5-2-6-14-29)20-22-43(37)61-45-27-44(60-42)46(55)50(57)47(45)56/h1-27H. The summed E-state index contributed by atoms with van der Waals surface area (Å²) in [5, 5.41) is 4.63. The van der Waals surface area contributed by atoms with E-state index in [0.29, 0.717) is 0 Å². The maximum absolute atomic E-state index is 6.99. The Morgan fingerprint density at radius 3 is 1.32 bits per heavy atom. The van der Waals surface area contributed by atoms with Crippen molar-refractivity contribution in [3.8, 4) is 22.3 Å². The van der Waals surface area contributed by atoms with E-state index in [1.165, 1.54) is 91.7 Å². The van der Waals surface area contributed by atoms with Crippen molar-refractivity contribution in [2.75, 3.05) is 4.90 Å². The fourth-order valence-corrected chi connectivity index (χ4v) is 15.1. The van der Waals surface area contributed by atoms with Crippen LogP contribution in [0.2, 0.25) is 0 Å². The van der Waals surface area contributed by atoms with Gasteiger partial charge in [0, 0.05) is 46.8 Å². The molecule has 0 saturated carbocycles. The number of fused-ring (bicyclic) bond motifs is 14. The molecule has 16 rings (SSSR count). The highest BCUT2D eigenvalue weighted by atomic mass is 32.2.